The average Bonchev–Trinajstić information content (AvgIpc) is 2.59. The van der Waals surface area contributed by atoms with Gasteiger partial charge in [-0.1, -0.05) is 38.1 Å². The molecule has 5 nitrogen and oxygen atoms in total. The van der Waals surface area contributed by atoms with Gasteiger partial charge in [0, 0.05) is 29.9 Å². The molecule has 5 heteroatoms. The summed E-state index contributed by atoms with van der Waals surface area (Å²) in [5, 5.41) is 13.6. The van der Waals surface area contributed by atoms with Crippen molar-refractivity contribution < 1.29 is 4.79 Å². The van der Waals surface area contributed by atoms with Gasteiger partial charge in [0.05, 0.1) is 0 Å². The Morgan fingerprint density at radius 1 is 1.25 bits per heavy atom. The van der Waals surface area contributed by atoms with Gasteiger partial charge in [-0.2, -0.15) is 0 Å². The first-order valence-electron chi connectivity index (χ1n) is 8.88. The van der Waals surface area contributed by atoms with Crippen LogP contribution in [0.15, 0.2) is 24.3 Å². The Kier molecular flexibility index (Phi) is 4.97. The van der Waals surface area contributed by atoms with Crippen molar-refractivity contribution in [1.82, 2.24) is 15.5 Å². The average molecular weight is 326 g/mol. The Morgan fingerprint density at radius 2 is 2.00 bits per heavy atom. The number of rotatable bonds is 4. The van der Waals surface area contributed by atoms with Gasteiger partial charge in [-0.3, -0.25) is 4.79 Å². The smallest absolute Gasteiger partial charge is 0.272 e. The third kappa shape index (κ3) is 3.35. The highest BCUT2D eigenvalue weighted by Crippen LogP contribution is 2.30. The number of anilines is 1. The third-order valence-electron chi connectivity index (χ3n) is 4.63. The number of fused-ring (bicyclic) bond motifs is 1. The molecule has 1 aromatic carbocycles. The van der Waals surface area contributed by atoms with Crippen LogP contribution in [-0.4, -0.2) is 35.2 Å². The molecule has 1 unspecified atom stereocenters. The number of nitrogens with one attached hydrogen (secondary N) is 1. The largest absolute Gasteiger partial charge is 0.352 e. The molecule has 0 radical (unpaired) electrons. The summed E-state index contributed by atoms with van der Waals surface area (Å²) in [6.45, 7) is 8.02. The van der Waals surface area contributed by atoms with Gasteiger partial charge in [0.1, 0.15) is 0 Å². The van der Waals surface area contributed by atoms with Gasteiger partial charge in [-0.15, -0.1) is 10.2 Å². The third-order valence-corrected chi connectivity index (χ3v) is 4.63. The lowest BCUT2D eigenvalue weighted by atomic mass is 10.0. The van der Waals surface area contributed by atoms with Crippen molar-refractivity contribution in [3.8, 4) is 0 Å². The van der Waals surface area contributed by atoms with Crippen molar-refractivity contribution in [2.45, 2.75) is 46.1 Å². The van der Waals surface area contributed by atoms with E-state index in [9.17, 15) is 4.79 Å². The van der Waals surface area contributed by atoms with Crippen molar-refractivity contribution in [1.29, 1.82) is 0 Å². The quantitative estimate of drug-likeness (QED) is 0.935. The maximum Gasteiger partial charge on any atom is 0.272 e. The van der Waals surface area contributed by atoms with E-state index in [1.54, 1.807) is 0 Å². The Balaban J connectivity index is 1.99. The molecule has 1 aliphatic rings. The lowest BCUT2D eigenvalue weighted by Gasteiger charge is -2.34. The number of carbonyl (C=O) groups is 1. The van der Waals surface area contributed by atoms with Crippen molar-refractivity contribution in [3.05, 3.63) is 30.0 Å². The van der Waals surface area contributed by atoms with Crippen LogP contribution in [0.2, 0.25) is 0 Å². The molecule has 1 N–H and O–H groups in total. The molecule has 1 fully saturated rings. The second kappa shape index (κ2) is 7.16. The van der Waals surface area contributed by atoms with Crippen LogP contribution in [0, 0.1) is 5.92 Å². The van der Waals surface area contributed by atoms with E-state index in [1.165, 1.54) is 19.3 Å². The Bertz CT molecular complexity index is 728. The van der Waals surface area contributed by atoms with Gasteiger partial charge in [-0.05, 0) is 32.1 Å². The minimum Gasteiger partial charge on any atom is -0.352 e. The number of carbonyl (C=O) groups excluding carboxylic acids is 1. The molecule has 1 saturated heterocycles. The zero-order chi connectivity index (χ0) is 17.1. The second-order valence-electron chi connectivity index (χ2n) is 7.06. The van der Waals surface area contributed by atoms with Crippen molar-refractivity contribution >= 4 is 22.5 Å². The van der Waals surface area contributed by atoms with Crippen molar-refractivity contribution in [2.24, 2.45) is 5.92 Å². The highest BCUT2D eigenvalue weighted by molar-refractivity contribution is 6.07. The first-order valence-corrected chi connectivity index (χ1v) is 8.88. The lowest BCUT2D eigenvalue weighted by molar-refractivity contribution is 0.0945. The minimum absolute atomic E-state index is 0.148. The van der Waals surface area contributed by atoms with Crippen LogP contribution in [0.3, 0.4) is 0 Å². The molecular weight excluding hydrogens is 300 g/mol. The highest BCUT2D eigenvalue weighted by Gasteiger charge is 2.24. The van der Waals surface area contributed by atoms with E-state index in [4.69, 9.17) is 0 Å². The summed E-state index contributed by atoms with van der Waals surface area (Å²) >= 11 is 0. The van der Waals surface area contributed by atoms with Gasteiger partial charge in [0.25, 0.3) is 5.91 Å². The molecule has 24 heavy (non-hydrogen) atoms. The Morgan fingerprint density at radius 3 is 2.71 bits per heavy atom. The van der Waals surface area contributed by atoms with Gasteiger partial charge in [0.2, 0.25) is 0 Å². The Hall–Kier alpha value is -2.17. The summed E-state index contributed by atoms with van der Waals surface area (Å²) < 4.78 is 0. The molecule has 0 spiro atoms. The van der Waals surface area contributed by atoms with E-state index in [2.05, 4.69) is 41.2 Å². The minimum atomic E-state index is -0.148. The van der Waals surface area contributed by atoms with E-state index in [-0.39, 0.29) is 5.91 Å². The molecular formula is C19H26N4O. The second-order valence-corrected chi connectivity index (χ2v) is 7.06. The molecule has 1 amide bonds. The summed E-state index contributed by atoms with van der Waals surface area (Å²) in [6.07, 6.45) is 3.61. The Labute approximate surface area is 143 Å². The number of amides is 1. The zero-order valence-electron chi connectivity index (χ0n) is 14.7. The van der Waals surface area contributed by atoms with Gasteiger partial charge >= 0.3 is 0 Å². The van der Waals surface area contributed by atoms with Crippen LogP contribution in [0.5, 0.6) is 0 Å². The molecule has 0 bridgehead atoms. The van der Waals surface area contributed by atoms with Crippen LogP contribution in [0.25, 0.3) is 10.8 Å². The number of piperidine rings is 1. The lowest BCUT2D eigenvalue weighted by Crippen LogP contribution is -2.38. The monoisotopic (exact) mass is 326 g/mol. The summed E-state index contributed by atoms with van der Waals surface area (Å²) in [5.41, 5.74) is 0.416. The number of nitrogens with zero attached hydrogens (tertiary/aromatic N) is 3. The van der Waals surface area contributed by atoms with E-state index in [1.807, 2.05) is 24.3 Å². The number of hydrogen-bond acceptors (Lipinski definition) is 4. The predicted octanol–water partition coefficient (Wildman–Crippen LogP) is 3.39. The number of hydrogen-bond donors (Lipinski definition) is 1. The molecule has 0 aliphatic carbocycles. The number of aromatic nitrogens is 2. The fourth-order valence-corrected chi connectivity index (χ4v) is 3.26. The van der Waals surface area contributed by atoms with Gasteiger partial charge < -0.3 is 10.2 Å². The van der Waals surface area contributed by atoms with Crippen LogP contribution in [-0.2, 0) is 0 Å². The summed E-state index contributed by atoms with van der Waals surface area (Å²) in [4.78, 5) is 14.8. The van der Waals surface area contributed by atoms with E-state index in [0.717, 1.165) is 23.1 Å². The molecule has 128 valence electrons. The molecule has 1 aromatic heterocycles. The van der Waals surface area contributed by atoms with Crippen LogP contribution in [0.4, 0.5) is 5.82 Å². The summed E-state index contributed by atoms with van der Waals surface area (Å²) in [7, 11) is 0. The first-order chi connectivity index (χ1) is 11.6. The number of benzene rings is 1. The predicted molar refractivity (Wildman–Crippen MR) is 97.4 cm³/mol. The molecule has 2 heterocycles. The van der Waals surface area contributed by atoms with Crippen LogP contribution in [0.1, 0.15) is 50.5 Å². The van der Waals surface area contributed by atoms with Crippen molar-refractivity contribution in [3.63, 3.8) is 0 Å². The van der Waals surface area contributed by atoms with Crippen molar-refractivity contribution in [2.75, 3.05) is 18.0 Å². The topological polar surface area (TPSA) is 58.1 Å². The first kappa shape index (κ1) is 16.7. The van der Waals surface area contributed by atoms with Crippen LogP contribution >= 0.6 is 0 Å². The maximum atomic E-state index is 12.5. The maximum absolute atomic E-state index is 12.5. The molecule has 0 saturated carbocycles. The normalized spacial score (nSPS) is 18.2. The molecule has 1 aliphatic heterocycles. The van der Waals surface area contributed by atoms with Gasteiger partial charge in [0.15, 0.2) is 11.5 Å². The van der Waals surface area contributed by atoms with E-state index in [0.29, 0.717) is 24.2 Å². The van der Waals surface area contributed by atoms with E-state index < -0.39 is 0 Å². The SMILES string of the molecule is CC(C)CNC(=O)c1nnc(N2CCCCC2C)c2ccccc12. The highest BCUT2D eigenvalue weighted by atomic mass is 16.1. The van der Waals surface area contributed by atoms with Crippen LogP contribution < -0.4 is 10.2 Å². The fourth-order valence-electron chi connectivity index (χ4n) is 3.26. The van der Waals surface area contributed by atoms with Gasteiger partial charge in [-0.25, -0.2) is 0 Å². The van der Waals surface area contributed by atoms with E-state index >= 15 is 0 Å². The fraction of sp³-hybridized carbons (Fsp3) is 0.526. The zero-order valence-corrected chi connectivity index (χ0v) is 14.7. The molecule has 1 atom stereocenters. The summed E-state index contributed by atoms with van der Waals surface area (Å²) in [5.74, 6) is 1.16. The molecule has 3 rings (SSSR count). The molecule has 2 aromatic rings. The summed E-state index contributed by atoms with van der Waals surface area (Å²) in [6, 6.07) is 8.41. The standard InChI is InChI=1S/C19H26N4O/c1-13(2)12-20-19(24)17-15-9-4-5-10-16(15)18(22-21-17)23-11-7-6-8-14(23)3/h4-5,9-10,13-14H,6-8,11-12H2,1-3H3,(H,20,24).